The summed E-state index contributed by atoms with van der Waals surface area (Å²) in [4.78, 5) is 24.5. The first-order chi connectivity index (χ1) is 10.2. The summed E-state index contributed by atoms with van der Waals surface area (Å²) in [6.45, 7) is 0.418. The molecule has 21 heavy (non-hydrogen) atoms. The molecular weight excluding hydrogens is 272 g/mol. The molecule has 0 N–H and O–H groups in total. The summed E-state index contributed by atoms with van der Waals surface area (Å²) in [6.07, 6.45) is -0.497. The molecule has 0 bridgehead atoms. The van der Waals surface area contributed by atoms with Crippen molar-refractivity contribution in [2.24, 2.45) is 0 Å². The van der Waals surface area contributed by atoms with E-state index in [-0.39, 0.29) is 11.6 Å². The quantitative estimate of drug-likeness (QED) is 0.595. The average molecular weight is 282 g/mol. The van der Waals surface area contributed by atoms with Crippen molar-refractivity contribution in [2.45, 2.75) is 12.8 Å². The molecule has 6 nitrogen and oxygen atoms in total. The fourth-order valence-corrected chi connectivity index (χ4v) is 2.87. The first-order valence-corrected chi connectivity index (χ1v) is 6.48. The predicted molar refractivity (Wildman–Crippen MR) is 73.9 cm³/mol. The number of non-ortho nitro benzene ring substituents is 1. The van der Waals surface area contributed by atoms with Crippen LogP contribution < -0.4 is 4.90 Å². The van der Waals surface area contributed by atoms with Crippen LogP contribution in [0.4, 0.5) is 11.4 Å². The minimum Gasteiger partial charge on any atom is -0.349 e. The summed E-state index contributed by atoms with van der Waals surface area (Å²) >= 11 is 0. The Kier molecular flexibility index (Phi) is 2.37. The number of nitro benzene ring substituents is 1. The van der Waals surface area contributed by atoms with E-state index in [9.17, 15) is 14.9 Å². The number of hydrogen-bond acceptors (Lipinski definition) is 4. The van der Waals surface area contributed by atoms with Crippen molar-refractivity contribution in [1.29, 1.82) is 0 Å². The smallest absolute Gasteiger partial charge is 0.270 e. The van der Waals surface area contributed by atoms with Gasteiger partial charge in [-0.2, -0.15) is 0 Å². The Balaban J connectivity index is 1.87. The first-order valence-electron chi connectivity index (χ1n) is 6.48. The zero-order valence-electron chi connectivity index (χ0n) is 10.9. The highest BCUT2D eigenvalue weighted by Gasteiger charge is 2.42. The highest BCUT2D eigenvalue weighted by Crippen LogP contribution is 2.44. The largest absolute Gasteiger partial charge is 0.349 e. The summed E-state index contributed by atoms with van der Waals surface area (Å²) in [5.74, 6) is -0.258. The molecule has 4 rings (SSSR count). The third kappa shape index (κ3) is 1.59. The van der Waals surface area contributed by atoms with E-state index in [2.05, 4.69) is 0 Å². The number of fused-ring (bicyclic) bond motifs is 5. The summed E-state index contributed by atoms with van der Waals surface area (Å²) in [7, 11) is 0. The van der Waals surface area contributed by atoms with Gasteiger partial charge in [0.05, 0.1) is 22.8 Å². The van der Waals surface area contributed by atoms with Gasteiger partial charge in [0.1, 0.15) is 0 Å². The van der Waals surface area contributed by atoms with Gasteiger partial charge in [-0.15, -0.1) is 0 Å². The topological polar surface area (TPSA) is 72.7 Å². The Hall–Kier alpha value is -2.73. The number of benzene rings is 2. The fourth-order valence-electron chi connectivity index (χ4n) is 2.87. The van der Waals surface area contributed by atoms with Crippen LogP contribution in [0.25, 0.3) is 0 Å². The van der Waals surface area contributed by atoms with E-state index < -0.39 is 11.2 Å². The van der Waals surface area contributed by atoms with Crippen LogP contribution in [0.15, 0.2) is 42.5 Å². The second-order valence-electron chi connectivity index (χ2n) is 5.00. The highest BCUT2D eigenvalue weighted by atomic mass is 16.6. The molecule has 0 aliphatic carbocycles. The second kappa shape index (κ2) is 4.13. The van der Waals surface area contributed by atoms with E-state index in [4.69, 9.17) is 4.74 Å². The van der Waals surface area contributed by atoms with Crippen molar-refractivity contribution in [3.63, 3.8) is 0 Å². The van der Waals surface area contributed by atoms with E-state index in [1.807, 2.05) is 24.3 Å². The van der Waals surface area contributed by atoms with Crippen LogP contribution in [0.5, 0.6) is 0 Å². The lowest BCUT2D eigenvalue weighted by molar-refractivity contribution is -0.384. The number of hydrogen-bond donors (Lipinski definition) is 0. The molecule has 0 saturated carbocycles. The van der Waals surface area contributed by atoms with Crippen molar-refractivity contribution in [3.8, 4) is 0 Å². The highest BCUT2D eigenvalue weighted by molar-refractivity contribution is 6.11. The molecule has 2 aliphatic rings. The Morgan fingerprint density at radius 2 is 2.05 bits per heavy atom. The molecule has 0 unspecified atom stereocenters. The van der Waals surface area contributed by atoms with Crippen molar-refractivity contribution < 1.29 is 14.5 Å². The molecule has 2 aliphatic heterocycles. The number of nitrogens with zero attached hydrogens (tertiary/aromatic N) is 2. The maximum atomic E-state index is 12.6. The summed E-state index contributed by atoms with van der Waals surface area (Å²) < 4.78 is 5.76. The molecule has 2 aromatic carbocycles. The number of amides is 1. The van der Waals surface area contributed by atoms with Crippen molar-refractivity contribution in [3.05, 3.63) is 69.3 Å². The van der Waals surface area contributed by atoms with Crippen LogP contribution in [-0.4, -0.2) is 10.8 Å². The Bertz CT molecular complexity index is 787. The Morgan fingerprint density at radius 3 is 2.86 bits per heavy atom. The zero-order valence-corrected chi connectivity index (χ0v) is 10.9. The van der Waals surface area contributed by atoms with Crippen LogP contribution in [0.1, 0.15) is 27.7 Å². The number of anilines is 1. The molecule has 1 atom stereocenters. The minimum atomic E-state index is -0.500. The molecule has 1 amide bonds. The number of rotatable bonds is 1. The Morgan fingerprint density at radius 1 is 1.24 bits per heavy atom. The number of ether oxygens (including phenoxy) is 1. The predicted octanol–water partition coefficient (Wildman–Crippen LogP) is 2.78. The van der Waals surface area contributed by atoms with E-state index in [0.717, 1.165) is 11.3 Å². The van der Waals surface area contributed by atoms with Crippen LogP contribution in [0.3, 0.4) is 0 Å². The van der Waals surface area contributed by atoms with Gasteiger partial charge in [-0.25, -0.2) is 0 Å². The number of carbonyl (C=O) groups excluding carboxylic acids is 1. The van der Waals surface area contributed by atoms with E-state index in [0.29, 0.717) is 17.7 Å². The standard InChI is InChI=1S/C15H10N2O4/c18-14-12-7-10(17(19)20)5-6-11(12)15-16(14)13-4-2-1-3-9(13)8-21-15/h1-7,15H,8H2/t15-/m1/s1. The second-order valence-corrected chi connectivity index (χ2v) is 5.00. The van der Waals surface area contributed by atoms with Gasteiger partial charge in [0, 0.05) is 23.3 Å². The van der Waals surface area contributed by atoms with Crippen LogP contribution in [0.2, 0.25) is 0 Å². The van der Waals surface area contributed by atoms with Gasteiger partial charge in [-0.05, 0) is 12.1 Å². The van der Waals surface area contributed by atoms with Crippen LogP contribution in [-0.2, 0) is 11.3 Å². The molecule has 0 spiro atoms. The van der Waals surface area contributed by atoms with E-state index in [1.54, 1.807) is 11.0 Å². The molecular formula is C15H10N2O4. The average Bonchev–Trinajstić information content (AvgIpc) is 2.80. The molecule has 0 fully saturated rings. The molecule has 0 radical (unpaired) electrons. The number of carbonyl (C=O) groups is 1. The molecule has 0 aromatic heterocycles. The van der Waals surface area contributed by atoms with Gasteiger partial charge >= 0.3 is 0 Å². The van der Waals surface area contributed by atoms with Gasteiger partial charge in [-0.3, -0.25) is 19.8 Å². The summed E-state index contributed by atoms with van der Waals surface area (Å²) in [5, 5.41) is 10.9. The van der Waals surface area contributed by atoms with E-state index >= 15 is 0 Å². The van der Waals surface area contributed by atoms with Crippen molar-refractivity contribution >= 4 is 17.3 Å². The van der Waals surface area contributed by atoms with Gasteiger partial charge in [-0.1, -0.05) is 18.2 Å². The van der Waals surface area contributed by atoms with Crippen LogP contribution in [0, 0.1) is 10.1 Å². The van der Waals surface area contributed by atoms with Gasteiger partial charge < -0.3 is 4.74 Å². The third-order valence-corrected chi connectivity index (χ3v) is 3.85. The monoisotopic (exact) mass is 282 g/mol. The molecule has 2 aromatic rings. The van der Waals surface area contributed by atoms with Crippen molar-refractivity contribution in [1.82, 2.24) is 0 Å². The Labute approximate surface area is 119 Å². The van der Waals surface area contributed by atoms with Gasteiger partial charge in [0.2, 0.25) is 0 Å². The zero-order chi connectivity index (χ0) is 14.6. The van der Waals surface area contributed by atoms with E-state index in [1.165, 1.54) is 12.1 Å². The normalized spacial score (nSPS) is 19.0. The maximum absolute atomic E-state index is 12.6. The number of para-hydroxylation sites is 1. The molecule has 6 heteroatoms. The maximum Gasteiger partial charge on any atom is 0.270 e. The lowest BCUT2D eigenvalue weighted by Gasteiger charge is -2.32. The van der Waals surface area contributed by atoms with Crippen molar-refractivity contribution in [2.75, 3.05) is 4.90 Å². The third-order valence-electron chi connectivity index (χ3n) is 3.85. The molecule has 104 valence electrons. The summed E-state index contributed by atoms with van der Waals surface area (Å²) in [5.41, 5.74) is 2.67. The lowest BCUT2D eigenvalue weighted by atomic mass is 10.1. The van der Waals surface area contributed by atoms with Gasteiger partial charge in [0.15, 0.2) is 6.23 Å². The SMILES string of the molecule is O=C1c2cc([N+](=O)[O-])ccc2[C@H]2OCc3ccccc3N12. The summed E-state index contributed by atoms with van der Waals surface area (Å²) in [6, 6.07) is 11.8. The molecule has 2 heterocycles. The van der Waals surface area contributed by atoms with Crippen LogP contribution >= 0.6 is 0 Å². The minimum absolute atomic E-state index is 0.0877. The lowest BCUT2D eigenvalue weighted by Crippen LogP contribution is -2.33. The fraction of sp³-hybridized carbons (Fsp3) is 0.133. The molecule has 0 saturated heterocycles. The first kappa shape index (κ1) is 12.0. The number of nitro groups is 1. The van der Waals surface area contributed by atoms with Gasteiger partial charge in [0.25, 0.3) is 11.6 Å².